The molecule has 1 aromatic rings. The number of nitrogens with one attached hydrogen (secondary N) is 1. The Morgan fingerprint density at radius 2 is 2.50 bits per heavy atom. The predicted molar refractivity (Wildman–Crippen MR) is 79.2 cm³/mol. The summed E-state index contributed by atoms with van der Waals surface area (Å²) in [5.41, 5.74) is 0.811. The van der Waals surface area contributed by atoms with E-state index in [4.69, 9.17) is 0 Å². The van der Waals surface area contributed by atoms with Gasteiger partial charge in [0, 0.05) is 24.5 Å². The number of nitrogens with zero attached hydrogens (tertiary/aromatic N) is 1. The highest BCUT2D eigenvalue weighted by atomic mass is 79.9. The van der Waals surface area contributed by atoms with Crippen LogP contribution in [0.25, 0.3) is 0 Å². The van der Waals surface area contributed by atoms with Crippen molar-refractivity contribution in [3.8, 4) is 0 Å². The lowest BCUT2D eigenvalue weighted by Gasteiger charge is -2.34. The summed E-state index contributed by atoms with van der Waals surface area (Å²) in [5, 5.41) is 5.32. The molecule has 0 aliphatic carbocycles. The molecule has 5 heteroatoms. The molecular weight excluding hydrogens is 312 g/mol. The third-order valence-electron chi connectivity index (χ3n) is 3.25. The maximum atomic E-state index is 12.5. The Kier molecular flexibility index (Phi) is 5.21. The molecule has 0 radical (unpaired) electrons. The summed E-state index contributed by atoms with van der Waals surface area (Å²) >= 11 is 4.99. The molecule has 100 valence electrons. The monoisotopic (exact) mass is 330 g/mol. The zero-order chi connectivity index (χ0) is 13.0. The molecule has 0 saturated carbocycles. The third kappa shape index (κ3) is 3.33. The molecule has 0 spiro atoms. The van der Waals surface area contributed by atoms with Crippen LogP contribution in [0.3, 0.4) is 0 Å². The van der Waals surface area contributed by atoms with Crippen LogP contribution in [0.2, 0.25) is 0 Å². The van der Waals surface area contributed by atoms with Gasteiger partial charge in [0.1, 0.15) is 0 Å². The highest BCUT2D eigenvalue weighted by Gasteiger charge is 2.25. The number of rotatable bonds is 4. The lowest BCUT2D eigenvalue weighted by Crippen LogP contribution is -2.48. The zero-order valence-electron chi connectivity index (χ0n) is 10.6. The van der Waals surface area contributed by atoms with Crippen molar-refractivity contribution >= 4 is 33.2 Å². The molecule has 1 aliphatic heterocycles. The Hall–Kier alpha value is -0.390. The normalized spacial score (nSPS) is 19.8. The molecule has 0 bridgehead atoms. The van der Waals surface area contributed by atoms with Crippen LogP contribution in [0.1, 0.15) is 36.5 Å². The van der Waals surface area contributed by atoms with Gasteiger partial charge in [-0.15, -0.1) is 11.3 Å². The summed E-state index contributed by atoms with van der Waals surface area (Å²) < 4.78 is 1.02. The van der Waals surface area contributed by atoms with Crippen LogP contribution in [0.15, 0.2) is 15.2 Å². The second kappa shape index (κ2) is 6.68. The van der Waals surface area contributed by atoms with Crippen LogP contribution in [-0.4, -0.2) is 36.5 Å². The minimum absolute atomic E-state index is 0.174. The first-order valence-electron chi connectivity index (χ1n) is 6.48. The fourth-order valence-corrected chi connectivity index (χ4v) is 3.51. The minimum atomic E-state index is 0.174. The summed E-state index contributed by atoms with van der Waals surface area (Å²) in [6.07, 6.45) is 3.28. The number of carbonyl (C=O) groups is 1. The van der Waals surface area contributed by atoms with Gasteiger partial charge in [-0.2, -0.15) is 0 Å². The molecule has 3 nitrogen and oxygen atoms in total. The average Bonchev–Trinajstić information content (AvgIpc) is 2.83. The van der Waals surface area contributed by atoms with Gasteiger partial charge in [-0.05, 0) is 47.8 Å². The quantitative estimate of drug-likeness (QED) is 0.919. The Morgan fingerprint density at radius 1 is 1.67 bits per heavy atom. The second-order valence-electron chi connectivity index (χ2n) is 4.64. The van der Waals surface area contributed by atoms with Crippen LogP contribution in [0, 0.1) is 0 Å². The van der Waals surface area contributed by atoms with Crippen molar-refractivity contribution in [3.05, 3.63) is 20.8 Å². The summed E-state index contributed by atoms with van der Waals surface area (Å²) in [4.78, 5) is 14.6. The van der Waals surface area contributed by atoms with E-state index in [0.717, 1.165) is 48.2 Å². The number of carbonyl (C=O) groups excluding carboxylic acids is 1. The molecule has 0 aromatic carbocycles. The van der Waals surface area contributed by atoms with Gasteiger partial charge >= 0.3 is 0 Å². The van der Waals surface area contributed by atoms with Crippen molar-refractivity contribution in [2.75, 3.05) is 19.6 Å². The van der Waals surface area contributed by atoms with Gasteiger partial charge < -0.3 is 10.2 Å². The van der Waals surface area contributed by atoms with E-state index in [9.17, 15) is 4.79 Å². The maximum Gasteiger partial charge on any atom is 0.255 e. The van der Waals surface area contributed by atoms with Crippen molar-refractivity contribution in [2.24, 2.45) is 0 Å². The first-order chi connectivity index (χ1) is 8.72. The van der Waals surface area contributed by atoms with Crippen molar-refractivity contribution in [1.29, 1.82) is 0 Å². The van der Waals surface area contributed by atoms with E-state index in [2.05, 4.69) is 28.2 Å². The van der Waals surface area contributed by atoms with Crippen molar-refractivity contribution < 1.29 is 4.79 Å². The Balaban J connectivity index is 2.10. The Labute approximate surface area is 121 Å². The van der Waals surface area contributed by atoms with E-state index < -0.39 is 0 Å². The van der Waals surface area contributed by atoms with E-state index >= 15 is 0 Å². The van der Waals surface area contributed by atoms with Gasteiger partial charge in [0.15, 0.2) is 0 Å². The molecule has 1 atom stereocenters. The van der Waals surface area contributed by atoms with Crippen LogP contribution in [0.5, 0.6) is 0 Å². The lowest BCUT2D eigenvalue weighted by molar-refractivity contribution is 0.0649. The second-order valence-corrected chi connectivity index (χ2v) is 6.93. The van der Waals surface area contributed by atoms with Crippen LogP contribution < -0.4 is 5.32 Å². The maximum absolute atomic E-state index is 12.5. The number of piperidine rings is 1. The van der Waals surface area contributed by atoms with E-state index in [1.165, 1.54) is 0 Å². The average molecular weight is 331 g/mol. The van der Waals surface area contributed by atoms with Crippen molar-refractivity contribution in [1.82, 2.24) is 10.2 Å². The highest BCUT2D eigenvalue weighted by Crippen LogP contribution is 2.23. The topological polar surface area (TPSA) is 32.3 Å². The van der Waals surface area contributed by atoms with E-state index in [-0.39, 0.29) is 5.91 Å². The molecule has 2 heterocycles. The Bertz CT molecular complexity index is 401. The van der Waals surface area contributed by atoms with Crippen LogP contribution in [-0.2, 0) is 0 Å². The molecule has 1 unspecified atom stereocenters. The number of hydrogen-bond donors (Lipinski definition) is 1. The summed E-state index contributed by atoms with van der Waals surface area (Å²) in [7, 11) is 0. The number of amides is 1. The number of thiophene rings is 1. The van der Waals surface area contributed by atoms with Gasteiger partial charge in [0.25, 0.3) is 5.91 Å². The molecule has 1 N–H and O–H groups in total. The van der Waals surface area contributed by atoms with Crippen molar-refractivity contribution in [2.45, 2.75) is 32.2 Å². The predicted octanol–water partition coefficient (Wildman–Crippen LogP) is 3.11. The van der Waals surface area contributed by atoms with Gasteiger partial charge in [0.2, 0.25) is 0 Å². The molecule has 2 rings (SSSR count). The first-order valence-corrected chi connectivity index (χ1v) is 8.15. The first kappa shape index (κ1) is 14.0. The largest absolute Gasteiger partial charge is 0.334 e. The SMILES string of the molecule is CCCN(C(=O)c1csc(Br)c1)C1CCCNC1. The number of hydrogen-bond acceptors (Lipinski definition) is 3. The smallest absolute Gasteiger partial charge is 0.255 e. The van der Waals surface area contributed by atoms with Gasteiger partial charge in [-0.25, -0.2) is 0 Å². The molecule has 1 saturated heterocycles. The summed E-state index contributed by atoms with van der Waals surface area (Å²) in [5.74, 6) is 0.174. The summed E-state index contributed by atoms with van der Waals surface area (Å²) in [6.45, 7) is 4.98. The lowest BCUT2D eigenvalue weighted by atomic mass is 10.0. The van der Waals surface area contributed by atoms with Gasteiger partial charge in [0.05, 0.1) is 9.35 Å². The molecule has 1 fully saturated rings. The standard InChI is InChI=1S/C13H19BrN2OS/c1-2-6-16(11-4-3-5-15-8-11)13(17)10-7-12(14)18-9-10/h7,9,11,15H,2-6,8H2,1H3. The molecule has 1 aromatic heterocycles. The van der Waals surface area contributed by atoms with Crippen LogP contribution >= 0.6 is 27.3 Å². The third-order valence-corrected chi connectivity index (χ3v) is 4.76. The fraction of sp³-hybridized carbons (Fsp3) is 0.615. The molecular formula is C13H19BrN2OS. The molecule has 1 aliphatic rings. The highest BCUT2D eigenvalue weighted by molar-refractivity contribution is 9.11. The zero-order valence-corrected chi connectivity index (χ0v) is 13.0. The molecule has 1 amide bonds. The van der Waals surface area contributed by atoms with Crippen molar-refractivity contribution in [3.63, 3.8) is 0 Å². The Morgan fingerprint density at radius 3 is 3.06 bits per heavy atom. The van der Waals surface area contributed by atoms with Crippen LogP contribution in [0.4, 0.5) is 0 Å². The van der Waals surface area contributed by atoms with E-state index in [1.54, 1.807) is 11.3 Å². The van der Waals surface area contributed by atoms with Gasteiger partial charge in [-0.1, -0.05) is 6.92 Å². The van der Waals surface area contributed by atoms with E-state index in [1.807, 2.05) is 16.3 Å². The number of halogens is 1. The fourth-order valence-electron chi connectivity index (χ4n) is 2.38. The minimum Gasteiger partial charge on any atom is -0.334 e. The van der Waals surface area contributed by atoms with E-state index in [0.29, 0.717) is 6.04 Å². The molecule has 18 heavy (non-hydrogen) atoms. The summed E-state index contributed by atoms with van der Waals surface area (Å²) in [6, 6.07) is 2.27. The van der Waals surface area contributed by atoms with Gasteiger partial charge in [-0.3, -0.25) is 4.79 Å².